The number of amides is 1. The van der Waals surface area contributed by atoms with Crippen LogP contribution in [0.4, 0.5) is 24.9 Å². The van der Waals surface area contributed by atoms with Crippen LogP contribution in [-0.2, 0) is 9.53 Å². The fourth-order valence-corrected chi connectivity index (χ4v) is 5.13. The highest BCUT2D eigenvalue weighted by molar-refractivity contribution is 5.98. The van der Waals surface area contributed by atoms with E-state index in [1.165, 1.54) is 12.4 Å². The van der Waals surface area contributed by atoms with Crippen LogP contribution >= 0.6 is 0 Å². The summed E-state index contributed by atoms with van der Waals surface area (Å²) >= 11 is 0. The maximum Gasteiger partial charge on any atom is 0.420 e. The second kappa shape index (κ2) is 13.5. The number of fused-ring (bicyclic) bond motifs is 1. The number of halogens is 3. The highest BCUT2D eigenvalue weighted by Gasteiger charge is 2.35. The molecule has 10 nitrogen and oxygen atoms in total. The molecule has 0 saturated carbocycles. The summed E-state index contributed by atoms with van der Waals surface area (Å²) in [5, 5.41) is 5.97. The number of piperazine rings is 1. The van der Waals surface area contributed by atoms with Crippen molar-refractivity contribution in [1.82, 2.24) is 30.2 Å². The van der Waals surface area contributed by atoms with Gasteiger partial charge in [0.2, 0.25) is 5.95 Å². The van der Waals surface area contributed by atoms with Crippen molar-refractivity contribution >= 4 is 28.7 Å². The van der Waals surface area contributed by atoms with Gasteiger partial charge in [-0.25, -0.2) is 19.9 Å². The Balaban J connectivity index is 1.35. The maximum absolute atomic E-state index is 13.4. The molecule has 1 unspecified atom stereocenters. The number of aromatic nitrogens is 4. The molecule has 0 spiro atoms. The van der Waals surface area contributed by atoms with Crippen LogP contribution in [-0.4, -0.2) is 76.8 Å². The van der Waals surface area contributed by atoms with Crippen LogP contribution < -0.4 is 15.5 Å². The van der Waals surface area contributed by atoms with Crippen molar-refractivity contribution in [2.24, 2.45) is 11.8 Å². The third kappa shape index (κ3) is 7.68. The van der Waals surface area contributed by atoms with E-state index in [0.29, 0.717) is 34.4 Å². The number of anilines is 2. The quantitative estimate of drug-likeness (QED) is 0.402. The summed E-state index contributed by atoms with van der Waals surface area (Å²) in [6, 6.07) is 0. The predicted octanol–water partition coefficient (Wildman–Crippen LogP) is 4.81. The molecule has 2 aliphatic carbocycles. The van der Waals surface area contributed by atoms with E-state index in [1.54, 1.807) is 24.4 Å². The standard InChI is InChI=1S/C32H35F3N8O2/c1-20(2)18-42-12-14-43(15-13-42)31-36-17-26-28(41-31)29(38-19-37-26)40-25-16-22(7-5-6-21(25)3)30(44)39-23-8-10-24(32(33,34)35)27(45-4)11-9-23/h5-7,9-11,16-17,19-21H,12-15,18H2,1-4H3,(H,39,44)(H,37,38,40). The Kier molecular flexibility index (Phi) is 9.50. The van der Waals surface area contributed by atoms with E-state index in [2.05, 4.69) is 55.0 Å². The second-order valence-electron chi connectivity index (χ2n) is 11.3. The summed E-state index contributed by atoms with van der Waals surface area (Å²) in [4.78, 5) is 36.0. The smallest absolute Gasteiger partial charge is 0.420 e. The van der Waals surface area contributed by atoms with E-state index >= 15 is 0 Å². The minimum absolute atomic E-state index is 0.0509. The summed E-state index contributed by atoms with van der Waals surface area (Å²) in [6.07, 6.45) is 8.63. The highest BCUT2D eigenvalue weighted by Crippen LogP contribution is 2.31. The number of allylic oxidation sites excluding steroid dienone is 6. The number of hydrogen-bond donors (Lipinski definition) is 2. The van der Waals surface area contributed by atoms with Crippen LogP contribution in [0.15, 0.2) is 89.1 Å². The van der Waals surface area contributed by atoms with Gasteiger partial charge in [0.05, 0.1) is 19.0 Å². The summed E-state index contributed by atoms with van der Waals surface area (Å²) in [5.74, 6) is 0.624. The average Bonchev–Trinajstić information content (AvgIpc) is 3.33. The van der Waals surface area contributed by atoms with Crippen molar-refractivity contribution in [3.8, 4) is 0 Å². The van der Waals surface area contributed by atoms with Gasteiger partial charge >= 0.3 is 6.18 Å². The molecule has 2 aromatic rings. The fraction of sp³-hybridized carbons (Fsp3) is 0.375. The van der Waals surface area contributed by atoms with Gasteiger partial charge < -0.3 is 20.3 Å². The monoisotopic (exact) mass is 620 g/mol. The molecule has 2 N–H and O–H groups in total. The number of rotatable bonds is 8. The van der Waals surface area contributed by atoms with Crippen molar-refractivity contribution in [3.05, 3.63) is 89.1 Å². The zero-order chi connectivity index (χ0) is 32.1. The summed E-state index contributed by atoms with van der Waals surface area (Å²) in [6.45, 7) is 10.9. The first-order chi connectivity index (χ1) is 21.5. The average molecular weight is 621 g/mol. The van der Waals surface area contributed by atoms with Crippen LogP contribution in [0.1, 0.15) is 20.8 Å². The molecular weight excluding hydrogens is 585 g/mol. The minimum atomic E-state index is -4.64. The number of ether oxygens (including phenoxy) is 1. The lowest BCUT2D eigenvalue weighted by atomic mass is 10.1. The summed E-state index contributed by atoms with van der Waals surface area (Å²) in [5.41, 5.74) is 3.61. The van der Waals surface area contributed by atoms with Gasteiger partial charge in [-0.3, -0.25) is 9.69 Å². The first kappa shape index (κ1) is 31.7. The van der Waals surface area contributed by atoms with E-state index in [-0.39, 0.29) is 22.9 Å². The molecule has 0 aromatic carbocycles. The number of carbonyl (C=O) groups is 1. The molecule has 236 valence electrons. The summed E-state index contributed by atoms with van der Waals surface area (Å²) in [7, 11) is 1.15. The molecule has 3 heterocycles. The number of nitrogens with one attached hydrogen (secondary N) is 2. The Bertz CT molecular complexity index is 1670. The van der Waals surface area contributed by atoms with Crippen LogP contribution in [0.3, 0.4) is 0 Å². The number of alkyl halides is 3. The number of methoxy groups -OCH3 is 1. The second-order valence-corrected chi connectivity index (χ2v) is 11.3. The van der Waals surface area contributed by atoms with Crippen LogP contribution in [0, 0.1) is 11.8 Å². The van der Waals surface area contributed by atoms with Crippen molar-refractivity contribution in [2.75, 3.05) is 50.1 Å². The molecule has 3 aliphatic rings. The molecule has 1 fully saturated rings. The maximum atomic E-state index is 13.4. The van der Waals surface area contributed by atoms with Gasteiger partial charge in [0.1, 0.15) is 28.7 Å². The van der Waals surface area contributed by atoms with E-state index in [1.807, 2.05) is 13.0 Å². The molecule has 45 heavy (non-hydrogen) atoms. The molecule has 1 atom stereocenters. The Morgan fingerprint density at radius 1 is 1.16 bits per heavy atom. The van der Waals surface area contributed by atoms with E-state index < -0.39 is 17.7 Å². The van der Waals surface area contributed by atoms with Crippen molar-refractivity contribution in [3.63, 3.8) is 0 Å². The molecule has 2 aromatic heterocycles. The topological polar surface area (TPSA) is 108 Å². The fourth-order valence-electron chi connectivity index (χ4n) is 5.13. The van der Waals surface area contributed by atoms with Gasteiger partial charge in [-0.2, -0.15) is 13.2 Å². The molecule has 0 bridgehead atoms. The van der Waals surface area contributed by atoms with Gasteiger partial charge in [0.15, 0.2) is 5.82 Å². The molecule has 13 heteroatoms. The lowest BCUT2D eigenvalue weighted by Crippen LogP contribution is -2.48. The Hall–Kier alpha value is -4.74. The van der Waals surface area contributed by atoms with Crippen molar-refractivity contribution < 1.29 is 22.7 Å². The highest BCUT2D eigenvalue weighted by atomic mass is 19.4. The Morgan fingerprint density at radius 2 is 1.93 bits per heavy atom. The van der Waals surface area contributed by atoms with Gasteiger partial charge in [-0.15, -0.1) is 0 Å². The van der Waals surface area contributed by atoms with Crippen LogP contribution in [0.2, 0.25) is 0 Å². The van der Waals surface area contributed by atoms with Crippen molar-refractivity contribution in [1.29, 1.82) is 0 Å². The molecule has 1 saturated heterocycles. The van der Waals surface area contributed by atoms with E-state index in [0.717, 1.165) is 52.0 Å². The number of hydrogen-bond acceptors (Lipinski definition) is 9. The van der Waals surface area contributed by atoms with Crippen LogP contribution in [0.25, 0.3) is 11.0 Å². The Morgan fingerprint density at radius 3 is 2.64 bits per heavy atom. The Labute approximate surface area is 259 Å². The van der Waals surface area contributed by atoms with Gasteiger partial charge in [-0.05, 0) is 36.3 Å². The first-order valence-corrected chi connectivity index (χ1v) is 14.7. The minimum Gasteiger partial charge on any atom is -0.496 e. The van der Waals surface area contributed by atoms with E-state index in [9.17, 15) is 18.0 Å². The molecule has 0 radical (unpaired) electrons. The molecule has 1 aliphatic heterocycles. The van der Waals surface area contributed by atoms with Gasteiger partial charge in [0, 0.05) is 49.9 Å². The first-order valence-electron chi connectivity index (χ1n) is 14.7. The SMILES string of the molecule is COC1=C(C(F)(F)F)C=C=C(NC(=O)C2=CC=CC(C)C(Nc3ncnc4cnc(N5CCN(CC(C)C)CC5)nc34)=C2)C=C1. The molecule has 5 rings (SSSR count). The number of nitrogens with zero attached hydrogens (tertiary/aromatic N) is 6. The normalized spacial score (nSPS) is 19.2. The zero-order valence-electron chi connectivity index (χ0n) is 25.5. The van der Waals surface area contributed by atoms with Gasteiger partial charge in [0.25, 0.3) is 5.91 Å². The zero-order valence-corrected chi connectivity index (χ0v) is 25.5. The lowest BCUT2D eigenvalue weighted by Gasteiger charge is -2.35. The van der Waals surface area contributed by atoms with Crippen molar-refractivity contribution in [2.45, 2.75) is 26.9 Å². The molecule has 1 amide bonds. The number of carbonyl (C=O) groups excluding carboxylic acids is 1. The lowest BCUT2D eigenvalue weighted by molar-refractivity contribution is -0.116. The largest absolute Gasteiger partial charge is 0.496 e. The molecular formula is C32H35F3N8O2. The third-order valence-electron chi connectivity index (χ3n) is 7.46. The van der Waals surface area contributed by atoms with Gasteiger partial charge in [-0.1, -0.05) is 38.7 Å². The third-order valence-corrected chi connectivity index (χ3v) is 7.46. The summed E-state index contributed by atoms with van der Waals surface area (Å²) < 4.78 is 45.1. The van der Waals surface area contributed by atoms with E-state index in [4.69, 9.17) is 9.72 Å². The predicted molar refractivity (Wildman–Crippen MR) is 166 cm³/mol. The van der Waals surface area contributed by atoms with Crippen LogP contribution in [0.5, 0.6) is 0 Å².